The van der Waals surface area contributed by atoms with Crippen LogP contribution >= 0.6 is 0 Å². The number of alkyl carbamates (subject to hydrolysis) is 1. The molecule has 0 bridgehead atoms. The standard InChI is InChI=1S/C31H49N3O5/c1-19(2)22(15-21-12-13-27-24(16-21)25(33-34(27)8)11-10-14-37-9)17-26(32-30(36)39-31(5,6)7)28-18-23(20(3)4)29(35)38-28/h12-13,16,19-20,22-23,26,28H,10-11,14-15,17-18H2,1-9H3,(H,32,36)/t22-,23-,26-,28-/m0/s1. The molecular formula is C31H49N3O5. The summed E-state index contributed by atoms with van der Waals surface area (Å²) in [5, 5.41) is 9.01. The Morgan fingerprint density at radius 2 is 1.95 bits per heavy atom. The lowest BCUT2D eigenvalue weighted by atomic mass is 9.81. The lowest BCUT2D eigenvalue weighted by molar-refractivity contribution is -0.146. The van der Waals surface area contributed by atoms with E-state index in [1.54, 1.807) is 7.11 Å². The van der Waals surface area contributed by atoms with E-state index < -0.39 is 11.7 Å². The number of rotatable bonds is 12. The fourth-order valence-electron chi connectivity index (χ4n) is 5.49. The van der Waals surface area contributed by atoms with E-state index in [0.717, 1.165) is 30.5 Å². The number of carbonyl (C=O) groups excluding carboxylic acids is 2. The summed E-state index contributed by atoms with van der Waals surface area (Å²) in [6, 6.07) is 6.27. The molecule has 2 aromatic rings. The number of esters is 1. The second-order valence-electron chi connectivity index (χ2n) is 12.8. The number of amides is 1. The van der Waals surface area contributed by atoms with Crippen LogP contribution in [0.25, 0.3) is 10.9 Å². The monoisotopic (exact) mass is 543 g/mol. The number of nitrogens with one attached hydrogen (secondary N) is 1. The van der Waals surface area contributed by atoms with Gasteiger partial charge in [-0.1, -0.05) is 33.8 Å². The SMILES string of the molecule is COCCCc1nn(C)c2ccc(C[C@@H](C[C@H](NC(=O)OC(C)(C)C)[C@@H]3C[C@@H](C(C)C)C(=O)O3)C(C)C)cc12. The highest BCUT2D eigenvalue weighted by Crippen LogP contribution is 2.33. The van der Waals surface area contributed by atoms with Gasteiger partial charge in [0, 0.05) is 26.2 Å². The summed E-state index contributed by atoms with van der Waals surface area (Å²) in [6.07, 6.45) is 3.09. The van der Waals surface area contributed by atoms with Crippen molar-refractivity contribution in [2.24, 2.45) is 30.7 Å². The van der Waals surface area contributed by atoms with Crippen LogP contribution in [-0.4, -0.2) is 53.3 Å². The third kappa shape index (κ3) is 8.44. The summed E-state index contributed by atoms with van der Waals surface area (Å²) < 4.78 is 18.6. The van der Waals surface area contributed by atoms with Gasteiger partial charge < -0.3 is 19.5 Å². The zero-order valence-electron chi connectivity index (χ0n) is 25.4. The normalized spacial score (nSPS) is 19.5. The number of carbonyl (C=O) groups is 2. The Labute approximate surface area is 234 Å². The molecular weight excluding hydrogens is 494 g/mol. The second kappa shape index (κ2) is 13.2. The quantitative estimate of drug-likeness (QED) is 0.267. The maximum Gasteiger partial charge on any atom is 0.408 e. The zero-order valence-corrected chi connectivity index (χ0v) is 25.4. The van der Waals surface area contributed by atoms with E-state index in [1.165, 1.54) is 10.9 Å². The van der Waals surface area contributed by atoms with Gasteiger partial charge in [-0.05, 0) is 88.3 Å². The molecule has 0 saturated carbocycles. The van der Waals surface area contributed by atoms with Crippen molar-refractivity contribution >= 4 is 23.0 Å². The first-order chi connectivity index (χ1) is 18.3. The maximum atomic E-state index is 12.8. The lowest BCUT2D eigenvalue weighted by Gasteiger charge is -2.31. The van der Waals surface area contributed by atoms with Gasteiger partial charge in [0.05, 0.1) is 23.2 Å². The van der Waals surface area contributed by atoms with Crippen molar-refractivity contribution in [2.45, 2.75) is 98.3 Å². The van der Waals surface area contributed by atoms with E-state index in [4.69, 9.17) is 19.3 Å². The van der Waals surface area contributed by atoms with Crippen molar-refractivity contribution in [3.8, 4) is 0 Å². The molecule has 1 aliphatic rings. The van der Waals surface area contributed by atoms with Gasteiger partial charge in [0.2, 0.25) is 0 Å². The maximum absolute atomic E-state index is 12.8. The Kier molecular flexibility index (Phi) is 10.4. The molecule has 1 aromatic carbocycles. The first-order valence-corrected chi connectivity index (χ1v) is 14.4. The summed E-state index contributed by atoms with van der Waals surface area (Å²) in [6.45, 7) is 14.8. The molecule has 1 N–H and O–H groups in total. The van der Waals surface area contributed by atoms with Gasteiger partial charge in [-0.2, -0.15) is 5.10 Å². The van der Waals surface area contributed by atoms with Crippen LogP contribution in [0.2, 0.25) is 0 Å². The van der Waals surface area contributed by atoms with E-state index >= 15 is 0 Å². The second-order valence-corrected chi connectivity index (χ2v) is 12.8. The van der Waals surface area contributed by atoms with Crippen LogP contribution in [0.1, 0.15) is 79.0 Å². The summed E-state index contributed by atoms with van der Waals surface area (Å²) >= 11 is 0. The molecule has 1 aromatic heterocycles. The van der Waals surface area contributed by atoms with Crippen molar-refractivity contribution in [3.05, 3.63) is 29.5 Å². The molecule has 8 heteroatoms. The van der Waals surface area contributed by atoms with Crippen molar-refractivity contribution in [1.82, 2.24) is 15.1 Å². The smallest absolute Gasteiger partial charge is 0.408 e. The van der Waals surface area contributed by atoms with E-state index in [-0.39, 0.29) is 35.9 Å². The van der Waals surface area contributed by atoms with Crippen LogP contribution in [0.15, 0.2) is 18.2 Å². The predicted molar refractivity (Wildman–Crippen MR) is 154 cm³/mol. The molecule has 2 heterocycles. The summed E-state index contributed by atoms with van der Waals surface area (Å²) in [5.74, 6) is 0.481. The fourth-order valence-corrected chi connectivity index (χ4v) is 5.49. The molecule has 0 spiro atoms. The number of aromatic nitrogens is 2. The van der Waals surface area contributed by atoms with Crippen LogP contribution in [0.3, 0.4) is 0 Å². The Balaban J connectivity index is 1.83. The van der Waals surface area contributed by atoms with E-state index in [0.29, 0.717) is 25.4 Å². The van der Waals surface area contributed by atoms with Gasteiger partial charge in [-0.15, -0.1) is 0 Å². The number of hydrogen-bond donors (Lipinski definition) is 1. The summed E-state index contributed by atoms with van der Waals surface area (Å²) in [5.41, 5.74) is 2.84. The Morgan fingerprint density at radius 1 is 1.23 bits per heavy atom. The average molecular weight is 544 g/mol. The number of benzene rings is 1. The number of fused-ring (bicyclic) bond motifs is 1. The number of methoxy groups -OCH3 is 1. The van der Waals surface area contributed by atoms with E-state index in [2.05, 4.69) is 37.4 Å². The topological polar surface area (TPSA) is 91.7 Å². The van der Waals surface area contributed by atoms with Crippen LogP contribution in [-0.2, 0) is 38.9 Å². The minimum Gasteiger partial charge on any atom is -0.460 e. The number of ether oxygens (including phenoxy) is 3. The zero-order chi connectivity index (χ0) is 28.9. The third-order valence-electron chi connectivity index (χ3n) is 7.76. The molecule has 1 aliphatic heterocycles. The van der Waals surface area contributed by atoms with Crippen molar-refractivity contribution in [3.63, 3.8) is 0 Å². The van der Waals surface area contributed by atoms with Crippen LogP contribution in [0.4, 0.5) is 4.79 Å². The largest absolute Gasteiger partial charge is 0.460 e. The number of cyclic esters (lactones) is 1. The van der Waals surface area contributed by atoms with Crippen LogP contribution in [0, 0.1) is 23.7 Å². The van der Waals surface area contributed by atoms with Crippen LogP contribution < -0.4 is 5.32 Å². The van der Waals surface area contributed by atoms with Gasteiger partial charge in [-0.3, -0.25) is 9.48 Å². The molecule has 218 valence electrons. The van der Waals surface area contributed by atoms with Gasteiger partial charge >= 0.3 is 12.1 Å². The summed E-state index contributed by atoms with van der Waals surface area (Å²) in [7, 11) is 3.71. The highest BCUT2D eigenvalue weighted by molar-refractivity contribution is 5.82. The Bertz CT molecular complexity index is 1120. The molecule has 0 unspecified atom stereocenters. The number of hydrogen-bond acceptors (Lipinski definition) is 6. The molecule has 3 rings (SSSR count). The van der Waals surface area contributed by atoms with Gasteiger partial charge in [0.1, 0.15) is 11.7 Å². The van der Waals surface area contributed by atoms with Crippen molar-refractivity contribution in [1.29, 1.82) is 0 Å². The molecule has 4 atom stereocenters. The average Bonchev–Trinajstić information content (AvgIpc) is 3.36. The molecule has 1 fully saturated rings. The minimum atomic E-state index is -0.612. The summed E-state index contributed by atoms with van der Waals surface area (Å²) in [4.78, 5) is 25.5. The number of nitrogens with zero attached hydrogens (tertiary/aromatic N) is 2. The van der Waals surface area contributed by atoms with Crippen LogP contribution in [0.5, 0.6) is 0 Å². The molecule has 1 amide bonds. The van der Waals surface area contributed by atoms with Crippen molar-refractivity contribution in [2.75, 3.05) is 13.7 Å². The van der Waals surface area contributed by atoms with Gasteiger partial charge in [0.25, 0.3) is 0 Å². The number of aryl methyl sites for hydroxylation is 2. The van der Waals surface area contributed by atoms with E-state index in [9.17, 15) is 9.59 Å². The van der Waals surface area contributed by atoms with Crippen molar-refractivity contribution < 1.29 is 23.8 Å². The highest BCUT2D eigenvalue weighted by Gasteiger charge is 2.42. The van der Waals surface area contributed by atoms with Gasteiger partial charge in [-0.25, -0.2) is 4.79 Å². The Hall–Kier alpha value is -2.61. The molecule has 8 nitrogen and oxygen atoms in total. The molecule has 0 aliphatic carbocycles. The van der Waals surface area contributed by atoms with E-state index in [1.807, 2.05) is 46.3 Å². The fraction of sp³-hybridized carbons (Fsp3) is 0.710. The van der Waals surface area contributed by atoms with Gasteiger partial charge in [0.15, 0.2) is 0 Å². The first kappa shape index (κ1) is 30.9. The Morgan fingerprint density at radius 3 is 2.54 bits per heavy atom. The molecule has 1 saturated heterocycles. The minimum absolute atomic E-state index is 0.153. The molecule has 39 heavy (non-hydrogen) atoms. The lowest BCUT2D eigenvalue weighted by Crippen LogP contribution is -2.47. The predicted octanol–water partition coefficient (Wildman–Crippen LogP) is 5.84. The molecule has 0 radical (unpaired) electrons. The highest BCUT2D eigenvalue weighted by atomic mass is 16.6. The first-order valence-electron chi connectivity index (χ1n) is 14.4. The third-order valence-corrected chi connectivity index (χ3v) is 7.76.